The topological polar surface area (TPSA) is 15.3 Å². The average Bonchev–Trinajstić information content (AvgIpc) is 2.13. The molecule has 0 bridgehead atoms. The van der Waals surface area contributed by atoms with Gasteiger partial charge in [-0.2, -0.15) is 0 Å². The van der Waals surface area contributed by atoms with Crippen molar-refractivity contribution in [2.45, 2.75) is 32.9 Å². The summed E-state index contributed by atoms with van der Waals surface area (Å²) in [5.74, 6) is -0.184. The van der Waals surface area contributed by atoms with Gasteiger partial charge in [0.1, 0.15) is 5.82 Å². The molecule has 1 aromatic carbocycles. The Morgan fingerprint density at radius 1 is 1.25 bits per heavy atom. The predicted molar refractivity (Wildman–Crippen MR) is 67.3 cm³/mol. The van der Waals surface area contributed by atoms with Crippen LogP contribution in [0.1, 0.15) is 26.3 Å². The van der Waals surface area contributed by atoms with Crippen LogP contribution < -0.4 is 10.2 Å². The summed E-state index contributed by atoms with van der Waals surface area (Å²) in [7, 11) is 3.93. The molecule has 0 aliphatic carbocycles. The molecule has 0 saturated carbocycles. The van der Waals surface area contributed by atoms with E-state index < -0.39 is 0 Å². The fourth-order valence-electron chi connectivity index (χ4n) is 1.49. The van der Waals surface area contributed by atoms with Crippen molar-refractivity contribution in [2.24, 2.45) is 0 Å². The molecule has 0 amide bonds. The van der Waals surface area contributed by atoms with Crippen LogP contribution in [0, 0.1) is 5.82 Å². The fourth-order valence-corrected chi connectivity index (χ4v) is 1.49. The summed E-state index contributed by atoms with van der Waals surface area (Å²) in [5, 5.41) is 3.37. The molecule has 90 valence electrons. The van der Waals surface area contributed by atoms with Gasteiger partial charge in [-0.1, -0.05) is 0 Å². The highest BCUT2D eigenvalue weighted by atomic mass is 19.1. The third kappa shape index (κ3) is 3.81. The monoisotopic (exact) mass is 224 g/mol. The number of benzene rings is 1. The lowest BCUT2D eigenvalue weighted by atomic mass is 10.1. The Balaban J connectivity index is 2.88. The first-order chi connectivity index (χ1) is 7.29. The maximum atomic E-state index is 13.2. The Hall–Kier alpha value is -1.09. The van der Waals surface area contributed by atoms with E-state index in [1.165, 1.54) is 6.07 Å². The van der Waals surface area contributed by atoms with Crippen molar-refractivity contribution >= 4 is 5.69 Å². The zero-order valence-corrected chi connectivity index (χ0v) is 10.8. The van der Waals surface area contributed by atoms with E-state index in [1.54, 1.807) is 6.07 Å². The number of halogens is 1. The second kappa shape index (κ2) is 4.83. The molecule has 0 unspecified atom stereocenters. The van der Waals surface area contributed by atoms with E-state index in [0.717, 1.165) is 11.3 Å². The van der Waals surface area contributed by atoms with E-state index in [2.05, 4.69) is 26.1 Å². The van der Waals surface area contributed by atoms with Crippen molar-refractivity contribution in [1.29, 1.82) is 0 Å². The average molecular weight is 224 g/mol. The number of nitrogens with zero attached hydrogens (tertiary/aromatic N) is 1. The first-order valence-electron chi connectivity index (χ1n) is 5.50. The Bertz CT molecular complexity index is 353. The quantitative estimate of drug-likeness (QED) is 0.849. The van der Waals surface area contributed by atoms with Gasteiger partial charge in [0.25, 0.3) is 0 Å². The first-order valence-corrected chi connectivity index (χ1v) is 5.50. The van der Waals surface area contributed by atoms with Gasteiger partial charge >= 0.3 is 0 Å². The highest BCUT2D eigenvalue weighted by Crippen LogP contribution is 2.20. The van der Waals surface area contributed by atoms with Crippen molar-refractivity contribution in [2.75, 3.05) is 19.0 Å². The third-order valence-electron chi connectivity index (χ3n) is 2.33. The Morgan fingerprint density at radius 2 is 1.88 bits per heavy atom. The van der Waals surface area contributed by atoms with E-state index in [1.807, 2.05) is 25.1 Å². The van der Waals surface area contributed by atoms with Gasteiger partial charge in [-0.05, 0) is 44.5 Å². The Morgan fingerprint density at radius 3 is 2.38 bits per heavy atom. The predicted octanol–water partition coefficient (Wildman–Crippen LogP) is 2.78. The summed E-state index contributed by atoms with van der Waals surface area (Å²) in [6, 6.07) is 4.90. The van der Waals surface area contributed by atoms with Gasteiger partial charge in [0.15, 0.2) is 0 Å². The molecular weight excluding hydrogens is 203 g/mol. The van der Waals surface area contributed by atoms with Gasteiger partial charge in [-0.3, -0.25) is 0 Å². The van der Waals surface area contributed by atoms with Crippen LogP contribution in [0.3, 0.4) is 0 Å². The maximum Gasteiger partial charge on any atom is 0.123 e. The lowest BCUT2D eigenvalue weighted by Crippen LogP contribution is -2.35. The van der Waals surface area contributed by atoms with Gasteiger partial charge in [0.2, 0.25) is 0 Å². The lowest BCUT2D eigenvalue weighted by Gasteiger charge is -2.23. The van der Waals surface area contributed by atoms with Gasteiger partial charge in [-0.15, -0.1) is 0 Å². The van der Waals surface area contributed by atoms with Gasteiger partial charge < -0.3 is 10.2 Å². The largest absolute Gasteiger partial charge is 0.377 e. The van der Waals surface area contributed by atoms with Gasteiger partial charge in [0, 0.05) is 31.9 Å². The normalized spacial score (nSPS) is 11.6. The van der Waals surface area contributed by atoms with Crippen LogP contribution in [-0.2, 0) is 6.54 Å². The molecule has 0 spiro atoms. The molecule has 0 fully saturated rings. The zero-order valence-electron chi connectivity index (χ0n) is 10.8. The van der Waals surface area contributed by atoms with Crippen LogP contribution in [0.15, 0.2) is 18.2 Å². The van der Waals surface area contributed by atoms with E-state index in [-0.39, 0.29) is 11.4 Å². The molecular formula is C13H21FN2. The Labute approximate surface area is 97.5 Å². The molecule has 0 aromatic heterocycles. The van der Waals surface area contributed by atoms with E-state index >= 15 is 0 Å². The first kappa shape index (κ1) is 13.0. The summed E-state index contributed by atoms with van der Waals surface area (Å²) in [4.78, 5) is 2.00. The van der Waals surface area contributed by atoms with Crippen molar-refractivity contribution in [3.05, 3.63) is 29.6 Å². The molecule has 0 radical (unpaired) electrons. The van der Waals surface area contributed by atoms with Crippen LogP contribution in [-0.4, -0.2) is 19.6 Å². The third-order valence-corrected chi connectivity index (χ3v) is 2.33. The summed E-state index contributed by atoms with van der Waals surface area (Å²) in [6.07, 6.45) is 0. The second-order valence-corrected chi connectivity index (χ2v) is 5.27. The van der Waals surface area contributed by atoms with Crippen molar-refractivity contribution < 1.29 is 4.39 Å². The van der Waals surface area contributed by atoms with E-state index in [0.29, 0.717) is 6.54 Å². The zero-order chi connectivity index (χ0) is 12.3. The minimum absolute atomic E-state index is 0.0376. The number of hydrogen-bond donors (Lipinski definition) is 1. The van der Waals surface area contributed by atoms with E-state index in [9.17, 15) is 4.39 Å². The van der Waals surface area contributed by atoms with Gasteiger partial charge in [0.05, 0.1) is 0 Å². The molecule has 0 heterocycles. The fraction of sp³-hybridized carbons (Fsp3) is 0.538. The van der Waals surface area contributed by atoms with Crippen molar-refractivity contribution in [1.82, 2.24) is 5.32 Å². The minimum Gasteiger partial charge on any atom is -0.377 e. The summed E-state index contributed by atoms with van der Waals surface area (Å²) < 4.78 is 13.2. The van der Waals surface area contributed by atoms with Crippen LogP contribution in [0.25, 0.3) is 0 Å². The standard InChI is InChI=1S/C13H21FN2/c1-13(2,3)15-9-10-8-11(14)6-7-12(10)16(4)5/h6-8,15H,9H2,1-5H3. The number of anilines is 1. The molecule has 16 heavy (non-hydrogen) atoms. The molecule has 0 saturated heterocycles. The van der Waals surface area contributed by atoms with Gasteiger partial charge in [-0.25, -0.2) is 4.39 Å². The molecule has 1 aromatic rings. The summed E-state index contributed by atoms with van der Waals surface area (Å²) in [5.41, 5.74) is 2.08. The highest BCUT2D eigenvalue weighted by Gasteiger charge is 2.11. The van der Waals surface area contributed by atoms with Crippen LogP contribution >= 0.6 is 0 Å². The lowest BCUT2D eigenvalue weighted by molar-refractivity contribution is 0.424. The van der Waals surface area contributed by atoms with Crippen molar-refractivity contribution in [3.63, 3.8) is 0 Å². The number of nitrogens with one attached hydrogen (secondary N) is 1. The number of rotatable bonds is 3. The van der Waals surface area contributed by atoms with Crippen LogP contribution in [0.5, 0.6) is 0 Å². The molecule has 1 N–H and O–H groups in total. The molecule has 0 atom stereocenters. The molecule has 0 aliphatic heterocycles. The maximum absolute atomic E-state index is 13.2. The highest BCUT2D eigenvalue weighted by molar-refractivity contribution is 5.52. The minimum atomic E-state index is -0.184. The Kier molecular flexibility index (Phi) is 3.92. The van der Waals surface area contributed by atoms with Crippen molar-refractivity contribution in [3.8, 4) is 0 Å². The molecule has 2 nitrogen and oxygen atoms in total. The summed E-state index contributed by atoms with van der Waals surface area (Å²) >= 11 is 0. The number of hydrogen-bond acceptors (Lipinski definition) is 2. The van der Waals surface area contributed by atoms with E-state index in [4.69, 9.17) is 0 Å². The molecule has 0 aliphatic rings. The second-order valence-electron chi connectivity index (χ2n) is 5.27. The summed E-state index contributed by atoms with van der Waals surface area (Å²) in [6.45, 7) is 6.97. The smallest absolute Gasteiger partial charge is 0.123 e. The van der Waals surface area contributed by atoms with Crippen LogP contribution in [0.2, 0.25) is 0 Å². The molecule has 1 rings (SSSR count). The molecule has 3 heteroatoms. The SMILES string of the molecule is CN(C)c1ccc(F)cc1CNC(C)(C)C. The van der Waals surface area contributed by atoms with Crippen LogP contribution in [0.4, 0.5) is 10.1 Å².